The van der Waals surface area contributed by atoms with Crippen molar-refractivity contribution in [2.24, 2.45) is 5.92 Å². The molecule has 1 aliphatic carbocycles. The smallest absolute Gasteiger partial charge is 0.223 e. The maximum Gasteiger partial charge on any atom is 0.223 e. The Kier molecular flexibility index (Phi) is 3.68. The summed E-state index contributed by atoms with van der Waals surface area (Å²) in [5, 5.41) is 3.61. The van der Waals surface area contributed by atoms with Crippen molar-refractivity contribution in [1.82, 2.24) is 0 Å². The number of carbonyl (C=O) groups excluding carboxylic acids is 1. The van der Waals surface area contributed by atoms with Crippen LogP contribution in [0.15, 0.2) is 18.2 Å². The van der Waals surface area contributed by atoms with Crippen molar-refractivity contribution in [2.75, 3.05) is 16.8 Å². The van der Waals surface area contributed by atoms with Gasteiger partial charge in [0.1, 0.15) is 0 Å². The fourth-order valence-electron chi connectivity index (χ4n) is 3.39. The summed E-state index contributed by atoms with van der Waals surface area (Å²) in [5.41, 5.74) is 3.58. The molecule has 1 aliphatic heterocycles. The van der Waals surface area contributed by atoms with Gasteiger partial charge in [-0.2, -0.15) is 0 Å². The van der Waals surface area contributed by atoms with Crippen LogP contribution in [0, 0.1) is 5.92 Å². The van der Waals surface area contributed by atoms with Crippen LogP contribution in [0.25, 0.3) is 0 Å². The topological polar surface area (TPSA) is 32.3 Å². The minimum absolute atomic E-state index is 0.141. The summed E-state index contributed by atoms with van der Waals surface area (Å²) >= 11 is 0. The molecule has 1 fully saturated rings. The van der Waals surface area contributed by atoms with E-state index in [-0.39, 0.29) is 5.91 Å². The number of hydrogen-bond acceptors (Lipinski definition) is 2. The first kappa shape index (κ1) is 13.5. The van der Waals surface area contributed by atoms with Gasteiger partial charge in [-0.3, -0.25) is 4.79 Å². The van der Waals surface area contributed by atoms with Crippen LogP contribution in [0.2, 0.25) is 0 Å². The number of hydrogen-bond donors (Lipinski definition) is 1. The van der Waals surface area contributed by atoms with Gasteiger partial charge >= 0.3 is 0 Å². The molecule has 0 aromatic heterocycles. The quantitative estimate of drug-likeness (QED) is 0.908. The van der Waals surface area contributed by atoms with Gasteiger partial charge in [0.25, 0.3) is 0 Å². The average molecular weight is 272 g/mol. The number of rotatable bonds is 4. The van der Waals surface area contributed by atoms with Crippen LogP contribution >= 0.6 is 0 Å². The minimum Gasteiger partial charge on any atom is -0.383 e. The molecule has 1 atom stereocenters. The van der Waals surface area contributed by atoms with E-state index >= 15 is 0 Å². The predicted octanol–water partition coefficient (Wildman–Crippen LogP) is 3.59. The third kappa shape index (κ3) is 2.67. The van der Waals surface area contributed by atoms with Crippen molar-refractivity contribution in [3.63, 3.8) is 0 Å². The van der Waals surface area contributed by atoms with Crippen molar-refractivity contribution >= 4 is 17.3 Å². The van der Waals surface area contributed by atoms with Crippen molar-refractivity contribution in [3.05, 3.63) is 23.8 Å². The molecule has 0 saturated heterocycles. The highest BCUT2D eigenvalue weighted by molar-refractivity contribution is 5.94. The first-order valence-electron chi connectivity index (χ1n) is 7.81. The Bertz CT molecular complexity index is 508. The average Bonchev–Trinajstić information content (AvgIpc) is 2.77. The van der Waals surface area contributed by atoms with Crippen LogP contribution in [-0.2, 0) is 11.2 Å². The summed E-state index contributed by atoms with van der Waals surface area (Å²) in [6.07, 6.45) is 6.47. The first-order chi connectivity index (χ1) is 9.63. The third-order valence-corrected chi connectivity index (χ3v) is 4.68. The minimum atomic E-state index is 0.141. The van der Waals surface area contributed by atoms with Crippen LogP contribution in [0.1, 0.15) is 45.1 Å². The highest BCUT2D eigenvalue weighted by Crippen LogP contribution is 2.33. The third-order valence-electron chi connectivity index (χ3n) is 4.68. The van der Waals surface area contributed by atoms with Gasteiger partial charge in [-0.05, 0) is 49.4 Å². The predicted molar refractivity (Wildman–Crippen MR) is 83.2 cm³/mol. The van der Waals surface area contributed by atoms with E-state index in [1.54, 1.807) is 6.92 Å². The van der Waals surface area contributed by atoms with Crippen LogP contribution in [-0.4, -0.2) is 18.5 Å². The Morgan fingerprint density at radius 2 is 2.25 bits per heavy atom. The number of nitrogens with zero attached hydrogens (tertiary/aromatic N) is 1. The zero-order valence-corrected chi connectivity index (χ0v) is 12.5. The van der Waals surface area contributed by atoms with E-state index in [4.69, 9.17) is 0 Å². The highest BCUT2D eigenvalue weighted by Gasteiger charge is 2.23. The normalized spacial score (nSPS) is 19.4. The fourth-order valence-corrected chi connectivity index (χ4v) is 3.39. The summed E-state index contributed by atoms with van der Waals surface area (Å²) in [6.45, 7) is 4.74. The molecule has 1 amide bonds. The maximum atomic E-state index is 11.5. The van der Waals surface area contributed by atoms with Gasteiger partial charge in [-0.25, -0.2) is 0 Å². The van der Waals surface area contributed by atoms with Crippen molar-refractivity contribution in [3.8, 4) is 0 Å². The number of amides is 1. The van der Waals surface area contributed by atoms with Crippen molar-refractivity contribution < 1.29 is 4.79 Å². The summed E-state index contributed by atoms with van der Waals surface area (Å²) in [7, 11) is 0. The Balaban J connectivity index is 1.65. The lowest BCUT2D eigenvalue weighted by atomic mass is 9.81. The van der Waals surface area contributed by atoms with E-state index in [1.165, 1.54) is 36.9 Å². The standard InChI is InChI=1S/C17H24N2O/c1-12(10-14-4-3-5-14)18-16-6-7-17-15(11-16)8-9-19(17)13(2)20/h6-7,11-12,14,18H,3-5,8-10H2,1-2H3. The van der Waals surface area contributed by atoms with E-state index in [0.29, 0.717) is 6.04 Å². The fraction of sp³-hybridized carbons (Fsp3) is 0.588. The van der Waals surface area contributed by atoms with Gasteiger partial charge in [0.15, 0.2) is 0 Å². The summed E-state index contributed by atoms with van der Waals surface area (Å²) < 4.78 is 0. The lowest BCUT2D eigenvalue weighted by Crippen LogP contribution is -2.25. The van der Waals surface area contributed by atoms with E-state index < -0.39 is 0 Å². The molecular weight excluding hydrogens is 248 g/mol. The zero-order valence-electron chi connectivity index (χ0n) is 12.5. The lowest BCUT2D eigenvalue weighted by Gasteiger charge is -2.29. The number of anilines is 2. The number of carbonyl (C=O) groups is 1. The zero-order chi connectivity index (χ0) is 14.1. The monoisotopic (exact) mass is 272 g/mol. The molecule has 20 heavy (non-hydrogen) atoms. The molecule has 1 unspecified atom stereocenters. The molecule has 3 nitrogen and oxygen atoms in total. The Labute approximate surface area is 121 Å². The van der Waals surface area contributed by atoms with Gasteiger partial charge in [-0.1, -0.05) is 19.3 Å². The molecule has 1 aromatic rings. The molecule has 2 aliphatic rings. The number of nitrogens with one attached hydrogen (secondary N) is 1. The second-order valence-corrected chi connectivity index (χ2v) is 6.34. The van der Waals surface area contributed by atoms with Gasteiger partial charge in [0.2, 0.25) is 5.91 Å². The van der Waals surface area contributed by atoms with Crippen LogP contribution in [0.3, 0.4) is 0 Å². The van der Waals surface area contributed by atoms with Crippen molar-refractivity contribution in [1.29, 1.82) is 0 Å². The lowest BCUT2D eigenvalue weighted by molar-refractivity contribution is -0.116. The SMILES string of the molecule is CC(=O)N1CCc2cc(NC(C)CC3CCC3)ccc21. The molecule has 0 spiro atoms. The van der Waals surface area contributed by atoms with Gasteiger partial charge < -0.3 is 10.2 Å². The summed E-state index contributed by atoms with van der Waals surface area (Å²) in [5.74, 6) is 1.07. The van der Waals surface area contributed by atoms with Crippen LogP contribution < -0.4 is 10.2 Å². The Hall–Kier alpha value is -1.51. The van der Waals surface area contributed by atoms with Crippen LogP contribution in [0.4, 0.5) is 11.4 Å². The molecule has 1 aromatic carbocycles. The molecular formula is C17H24N2O. The molecule has 1 N–H and O–H groups in total. The van der Waals surface area contributed by atoms with Crippen LogP contribution in [0.5, 0.6) is 0 Å². The van der Waals surface area contributed by atoms with Gasteiger partial charge in [0, 0.05) is 30.9 Å². The first-order valence-corrected chi connectivity index (χ1v) is 7.81. The number of benzene rings is 1. The Morgan fingerprint density at radius 1 is 1.45 bits per heavy atom. The Morgan fingerprint density at radius 3 is 2.90 bits per heavy atom. The summed E-state index contributed by atoms with van der Waals surface area (Å²) in [4.78, 5) is 13.4. The van der Waals surface area contributed by atoms with E-state index in [9.17, 15) is 4.79 Å². The largest absolute Gasteiger partial charge is 0.383 e. The highest BCUT2D eigenvalue weighted by atomic mass is 16.2. The molecule has 1 saturated carbocycles. The summed E-state index contributed by atoms with van der Waals surface area (Å²) in [6, 6.07) is 6.94. The second kappa shape index (κ2) is 5.47. The molecule has 108 valence electrons. The molecule has 3 rings (SSSR count). The van der Waals surface area contributed by atoms with E-state index in [2.05, 4.69) is 30.4 Å². The second-order valence-electron chi connectivity index (χ2n) is 6.34. The van der Waals surface area contributed by atoms with Gasteiger partial charge in [-0.15, -0.1) is 0 Å². The molecule has 3 heteroatoms. The molecule has 1 heterocycles. The van der Waals surface area contributed by atoms with E-state index in [1.807, 2.05) is 4.90 Å². The van der Waals surface area contributed by atoms with Crippen molar-refractivity contribution in [2.45, 2.75) is 52.0 Å². The maximum absolute atomic E-state index is 11.5. The van der Waals surface area contributed by atoms with Gasteiger partial charge in [0.05, 0.1) is 0 Å². The molecule has 0 bridgehead atoms. The molecule has 0 radical (unpaired) electrons. The number of fused-ring (bicyclic) bond motifs is 1. The van der Waals surface area contributed by atoms with E-state index in [0.717, 1.165) is 24.6 Å².